The molecule has 74 valence electrons. The third-order valence-electron chi connectivity index (χ3n) is 1.99. The third-order valence-corrected chi connectivity index (χ3v) is 1.99. The van der Waals surface area contributed by atoms with Crippen LogP contribution in [0.25, 0.3) is 11.4 Å². The second kappa shape index (κ2) is 3.42. The Hall–Kier alpha value is -2.35. The lowest BCUT2D eigenvalue weighted by Gasteiger charge is -1.99. The van der Waals surface area contributed by atoms with Gasteiger partial charge in [-0.05, 0) is 12.1 Å². The number of hydrogen-bond donors (Lipinski definition) is 1. The van der Waals surface area contributed by atoms with Crippen LogP contribution in [0.5, 0.6) is 0 Å². The smallest absolute Gasteiger partial charge is 0.112 e. The van der Waals surface area contributed by atoms with E-state index in [1.807, 2.05) is 7.05 Å². The van der Waals surface area contributed by atoms with Gasteiger partial charge in [-0.25, -0.2) is 0 Å². The van der Waals surface area contributed by atoms with E-state index in [-0.39, 0.29) is 0 Å². The van der Waals surface area contributed by atoms with Gasteiger partial charge >= 0.3 is 0 Å². The second-order valence-electron chi connectivity index (χ2n) is 3.15. The minimum atomic E-state index is 0.439. The van der Waals surface area contributed by atoms with Gasteiger partial charge in [-0.3, -0.25) is 9.67 Å². The number of aromatic nitrogens is 3. The predicted molar refractivity (Wildman–Crippen MR) is 55.6 cm³/mol. The van der Waals surface area contributed by atoms with Crippen LogP contribution in [0.3, 0.4) is 0 Å². The number of hydrogen-bond acceptors (Lipinski definition) is 4. The van der Waals surface area contributed by atoms with Crippen LogP contribution in [0.1, 0.15) is 5.56 Å². The molecular formula is C10H9N5. The molecule has 0 saturated heterocycles. The van der Waals surface area contributed by atoms with Crippen molar-refractivity contribution < 1.29 is 0 Å². The number of nitriles is 1. The molecule has 2 rings (SSSR count). The Labute approximate surface area is 86.8 Å². The SMILES string of the molecule is Cn1ccc(-c2ncc(N)cc2C#N)n1. The van der Waals surface area contributed by atoms with Gasteiger partial charge in [-0.1, -0.05) is 0 Å². The molecule has 2 N–H and O–H groups in total. The van der Waals surface area contributed by atoms with Crippen LogP contribution < -0.4 is 5.73 Å². The number of nitrogens with zero attached hydrogens (tertiary/aromatic N) is 4. The maximum absolute atomic E-state index is 8.93. The zero-order valence-corrected chi connectivity index (χ0v) is 8.18. The molecule has 0 bridgehead atoms. The quantitative estimate of drug-likeness (QED) is 0.741. The molecule has 0 atom stereocenters. The number of pyridine rings is 1. The van der Waals surface area contributed by atoms with Crippen LogP contribution in [-0.4, -0.2) is 14.8 Å². The highest BCUT2D eigenvalue weighted by Crippen LogP contribution is 2.20. The molecule has 15 heavy (non-hydrogen) atoms. The summed E-state index contributed by atoms with van der Waals surface area (Å²) in [5.74, 6) is 0. The largest absolute Gasteiger partial charge is 0.397 e. The molecule has 0 spiro atoms. The van der Waals surface area contributed by atoms with Gasteiger partial charge in [-0.2, -0.15) is 10.4 Å². The normalized spacial score (nSPS) is 9.87. The first-order valence-electron chi connectivity index (χ1n) is 4.36. The number of nitrogen functional groups attached to an aromatic ring is 1. The van der Waals surface area contributed by atoms with Crippen molar-refractivity contribution in [2.24, 2.45) is 7.05 Å². The minimum Gasteiger partial charge on any atom is -0.397 e. The van der Waals surface area contributed by atoms with E-state index in [0.29, 0.717) is 22.6 Å². The molecule has 0 aliphatic rings. The fraction of sp³-hybridized carbons (Fsp3) is 0.100. The molecule has 0 amide bonds. The van der Waals surface area contributed by atoms with E-state index in [1.54, 1.807) is 23.0 Å². The average Bonchev–Trinajstić information content (AvgIpc) is 2.64. The lowest BCUT2D eigenvalue weighted by Crippen LogP contribution is -1.95. The highest BCUT2D eigenvalue weighted by atomic mass is 15.2. The molecule has 0 saturated carbocycles. The van der Waals surface area contributed by atoms with Crippen LogP contribution in [-0.2, 0) is 7.05 Å². The maximum Gasteiger partial charge on any atom is 0.112 e. The molecule has 2 heterocycles. The Morgan fingerprint density at radius 1 is 1.53 bits per heavy atom. The number of anilines is 1. The van der Waals surface area contributed by atoms with Crippen molar-refractivity contribution in [3.63, 3.8) is 0 Å². The van der Waals surface area contributed by atoms with Gasteiger partial charge in [0.1, 0.15) is 17.5 Å². The number of nitrogens with two attached hydrogens (primary N) is 1. The summed E-state index contributed by atoms with van der Waals surface area (Å²) in [6.45, 7) is 0. The van der Waals surface area contributed by atoms with Gasteiger partial charge in [0.15, 0.2) is 0 Å². The summed E-state index contributed by atoms with van der Waals surface area (Å²) in [6, 6.07) is 5.45. The zero-order valence-electron chi connectivity index (χ0n) is 8.18. The molecule has 0 unspecified atom stereocenters. The lowest BCUT2D eigenvalue weighted by atomic mass is 10.1. The first kappa shape index (κ1) is 9.21. The zero-order chi connectivity index (χ0) is 10.8. The van der Waals surface area contributed by atoms with Crippen LogP contribution >= 0.6 is 0 Å². The molecule has 0 fully saturated rings. The van der Waals surface area contributed by atoms with Gasteiger partial charge in [0.05, 0.1) is 17.4 Å². The van der Waals surface area contributed by atoms with E-state index in [1.165, 1.54) is 6.20 Å². The Kier molecular flexibility index (Phi) is 2.10. The molecule has 0 aliphatic heterocycles. The van der Waals surface area contributed by atoms with Crippen molar-refractivity contribution in [1.82, 2.24) is 14.8 Å². The van der Waals surface area contributed by atoms with E-state index >= 15 is 0 Å². The highest BCUT2D eigenvalue weighted by Gasteiger charge is 2.09. The Morgan fingerprint density at radius 3 is 2.93 bits per heavy atom. The summed E-state index contributed by atoms with van der Waals surface area (Å²) in [5.41, 5.74) is 7.70. The van der Waals surface area contributed by atoms with Gasteiger partial charge in [0, 0.05) is 13.2 Å². The molecule has 5 nitrogen and oxygen atoms in total. The maximum atomic E-state index is 8.93. The first-order valence-corrected chi connectivity index (χ1v) is 4.36. The van der Waals surface area contributed by atoms with Crippen molar-refractivity contribution in [1.29, 1.82) is 5.26 Å². The molecule has 5 heteroatoms. The van der Waals surface area contributed by atoms with E-state index in [0.717, 1.165) is 0 Å². The third kappa shape index (κ3) is 1.65. The molecular weight excluding hydrogens is 190 g/mol. The van der Waals surface area contributed by atoms with Gasteiger partial charge in [0.2, 0.25) is 0 Å². The second-order valence-corrected chi connectivity index (χ2v) is 3.15. The summed E-state index contributed by atoms with van der Waals surface area (Å²) >= 11 is 0. The summed E-state index contributed by atoms with van der Waals surface area (Å²) in [7, 11) is 1.81. The van der Waals surface area contributed by atoms with E-state index < -0.39 is 0 Å². The number of rotatable bonds is 1. The van der Waals surface area contributed by atoms with Gasteiger partial charge < -0.3 is 5.73 Å². The molecule has 0 aromatic carbocycles. The first-order chi connectivity index (χ1) is 7.20. The Bertz CT molecular complexity index is 535. The Morgan fingerprint density at radius 2 is 2.33 bits per heavy atom. The molecule has 2 aromatic rings. The molecule has 0 radical (unpaired) electrons. The Balaban J connectivity index is 2.58. The van der Waals surface area contributed by atoms with Crippen molar-refractivity contribution >= 4 is 5.69 Å². The van der Waals surface area contributed by atoms with Crippen LogP contribution in [0.2, 0.25) is 0 Å². The van der Waals surface area contributed by atoms with Crippen molar-refractivity contribution in [2.75, 3.05) is 5.73 Å². The van der Waals surface area contributed by atoms with Crippen LogP contribution in [0.4, 0.5) is 5.69 Å². The standard InChI is InChI=1S/C10H9N5/c1-15-3-2-9(14-15)10-7(5-11)4-8(12)6-13-10/h2-4,6H,12H2,1H3. The molecule has 0 aliphatic carbocycles. The lowest BCUT2D eigenvalue weighted by molar-refractivity contribution is 0.770. The monoisotopic (exact) mass is 199 g/mol. The average molecular weight is 199 g/mol. The summed E-state index contributed by atoms with van der Waals surface area (Å²) in [6.07, 6.45) is 3.32. The summed E-state index contributed by atoms with van der Waals surface area (Å²) in [4.78, 5) is 4.11. The topological polar surface area (TPSA) is 80.5 Å². The summed E-state index contributed by atoms with van der Waals surface area (Å²) < 4.78 is 1.66. The van der Waals surface area contributed by atoms with Crippen molar-refractivity contribution in [3.8, 4) is 17.5 Å². The van der Waals surface area contributed by atoms with E-state index in [9.17, 15) is 0 Å². The van der Waals surface area contributed by atoms with Crippen LogP contribution in [0.15, 0.2) is 24.5 Å². The molecule has 2 aromatic heterocycles. The van der Waals surface area contributed by atoms with Crippen molar-refractivity contribution in [2.45, 2.75) is 0 Å². The van der Waals surface area contributed by atoms with E-state index in [4.69, 9.17) is 11.0 Å². The fourth-order valence-electron chi connectivity index (χ4n) is 1.31. The van der Waals surface area contributed by atoms with Crippen molar-refractivity contribution in [3.05, 3.63) is 30.1 Å². The minimum absolute atomic E-state index is 0.439. The summed E-state index contributed by atoms with van der Waals surface area (Å²) in [5, 5.41) is 13.1. The fourth-order valence-corrected chi connectivity index (χ4v) is 1.31. The van der Waals surface area contributed by atoms with Crippen LogP contribution in [0, 0.1) is 11.3 Å². The van der Waals surface area contributed by atoms with E-state index in [2.05, 4.69) is 16.2 Å². The van der Waals surface area contributed by atoms with Gasteiger partial charge in [0.25, 0.3) is 0 Å². The predicted octanol–water partition coefficient (Wildman–Crippen LogP) is 0.936. The number of aryl methyl sites for hydroxylation is 1. The highest BCUT2D eigenvalue weighted by molar-refractivity contribution is 5.65. The van der Waals surface area contributed by atoms with Gasteiger partial charge in [-0.15, -0.1) is 0 Å².